The van der Waals surface area contributed by atoms with Gasteiger partial charge in [0.2, 0.25) is 5.91 Å². The fraction of sp³-hybridized carbons (Fsp3) is 0.105. The Balaban J connectivity index is 1.72. The summed E-state index contributed by atoms with van der Waals surface area (Å²) in [6, 6.07) is 8.84. The summed E-state index contributed by atoms with van der Waals surface area (Å²) in [5.74, 6) is -1.34. The lowest BCUT2D eigenvalue weighted by atomic mass is 10.2. The van der Waals surface area contributed by atoms with Crippen molar-refractivity contribution in [1.29, 1.82) is 0 Å². The summed E-state index contributed by atoms with van der Waals surface area (Å²) >= 11 is 4.27. The Labute approximate surface area is 169 Å². The largest absolute Gasteiger partial charge is 0.322 e. The van der Waals surface area contributed by atoms with Crippen LogP contribution in [0.4, 0.5) is 14.5 Å². The number of hydrogen-bond donors (Lipinski definition) is 1. The second-order valence-corrected chi connectivity index (χ2v) is 8.08. The standard InChI is InChI=1S/C19H12BrF2N3O2S/c1-9-23-17-16-11(21)3-2-4-14(16)28-18(17)19(27)25(9)8-15(26)24-13-6-5-10(20)7-12(13)22/h2-7H,8H2,1H3,(H,24,26). The zero-order chi connectivity index (χ0) is 20.0. The van der Waals surface area contributed by atoms with E-state index in [1.807, 2.05) is 0 Å². The average molecular weight is 464 g/mol. The van der Waals surface area contributed by atoms with Crippen LogP contribution in [0.1, 0.15) is 5.82 Å². The molecule has 4 rings (SSSR count). The number of carbonyl (C=O) groups is 1. The van der Waals surface area contributed by atoms with Gasteiger partial charge in [-0.25, -0.2) is 13.8 Å². The topological polar surface area (TPSA) is 64.0 Å². The Hall–Kier alpha value is -2.65. The zero-order valence-corrected chi connectivity index (χ0v) is 16.8. The van der Waals surface area contributed by atoms with E-state index >= 15 is 0 Å². The van der Waals surface area contributed by atoms with Crippen LogP contribution in [-0.4, -0.2) is 15.5 Å². The Kier molecular flexibility index (Phi) is 4.72. The van der Waals surface area contributed by atoms with Crippen molar-refractivity contribution < 1.29 is 13.6 Å². The molecule has 28 heavy (non-hydrogen) atoms. The highest BCUT2D eigenvalue weighted by atomic mass is 79.9. The van der Waals surface area contributed by atoms with Crippen LogP contribution in [0.3, 0.4) is 0 Å². The molecule has 5 nitrogen and oxygen atoms in total. The van der Waals surface area contributed by atoms with Gasteiger partial charge in [-0.2, -0.15) is 0 Å². The number of thiophene rings is 1. The molecule has 0 aliphatic heterocycles. The van der Waals surface area contributed by atoms with Crippen LogP contribution in [-0.2, 0) is 11.3 Å². The number of rotatable bonds is 3. The predicted octanol–water partition coefficient (Wildman–Crippen LogP) is 4.60. The van der Waals surface area contributed by atoms with Crippen molar-refractivity contribution in [3.05, 3.63) is 68.7 Å². The van der Waals surface area contributed by atoms with Gasteiger partial charge in [0.05, 0.1) is 16.6 Å². The number of hydrogen-bond acceptors (Lipinski definition) is 4. The number of nitrogens with one attached hydrogen (secondary N) is 1. The molecule has 2 aromatic carbocycles. The molecule has 0 atom stereocenters. The Bertz CT molecular complexity index is 1320. The van der Waals surface area contributed by atoms with Gasteiger partial charge in [-0.15, -0.1) is 11.3 Å². The van der Waals surface area contributed by atoms with Gasteiger partial charge < -0.3 is 5.32 Å². The third-order valence-corrected chi connectivity index (χ3v) is 5.88. The molecular formula is C19H12BrF2N3O2S. The molecule has 1 amide bonds. The minimum atomic E-state index is -0.597. The van der Waals surface area contributed by atoms with Crippen LogP contribution in [0, 0.1) is 18.6 Å². The molecule has 2 aromatic heterocycles. The monoisotopic (exact) mass is 463 g/mol. The smallest absolute Gasteiger partial charge is 0.272 e. The summed E-state index contributed by atoms with van der Waals surface area (Å²) < 4.78 is 30.7. The molecule has 0 saturated carbocycles. The Morgan fingerprint density at radius 2 is 2.04 bits per heavy atom. The van der Waals surface area contributed by atoms with E-state index in [1.54, 1.807) is 25.1 Å². The van der Waals surface area contributed by atoms with Gasteiger partial charge in [-0.1, -0.05) is 22.0 Å². The van der Waals surface area contributed by atoms with Gasteiger partial charge in [0.25, 0.3) is 5.56 Å². The molecule has 0 spiro atoms. The van der Waals surface area contributed by atoms with E-state index in [9.17, 15) is 18.4 Å². The normalized spacial score (nSPS) is 11.3. The molecule has 4 aromatic rings. The molecule has 1 N–H and O–H groups in total. The number of aromatic nitrogens is 2. The molecule has 0 bridgehead atoms. The number of nitrogens with zero attached hydrogens (tertiary/aromatic N) is 2. The van der Waals surface area contributed by atoms with Crippen LogP contribution < -0.4 is 10.9 Å². The lowest BCUT2D eigenvalue weighted by molar-refractivity contribution is -0.116. The van der Waals surface area contributed by atoms with Gasteiger partial charge in [0.1, 0.15) is 28.7 Å². The number of benzene rings is 2. The van der Waals surface area contributed by atoms with E-state index in [0.29, 0.717) is 14.6 Å². The van der Waals surface area contributed by atoms with Crippen LogP contribution in [0.25, 0.3) is 20.3 Å². The van der Waals surface area contributed by atoms with Crippen molar-refractivity contribution >= 4 is 59.2 Å². The van der Waals surface area contributed by atoms with Crippen molar-refractivity contribution in [1.82, 2.24) is 9.55 Å². The summed E-state index contributed by atoms with van der Waals surface area (Å²) in [5, 5.41) is 2.75. The molecule has 0 aliphatic carbocycles. The number of aryl methyl sites for hydroxylation is 1. The summed E-state index contributed by atoms with van der Waals surface area (Å²) in [6.07, 6.45) is 0. The first kappa shape index (κ1) is 18.7. The first-order valence-electron chi connectivity index (χ1n) is 8.18. The van der Waals surface area contributed by atoms with Gasteiger partial charge in [-0.05, 0) is 37.3 Å². The molecule has 0 aliphatic rings. The summed E-state index contributed by atoms with van der Waals surface area (Å²) in [5.41, 5.74) is -0.136. The maximum absolute atomic E-state index is 14.2. The number of halogens is 3. The zero-order valence-electron chi connectivity index (χ0n) is 14.4. The molecule has 142 valence electrons. The first-order valence-corrected chi connectivity index (χ1v) is 9.79. The van der Waals surface area contributed by atoms with E-state index < -0.39 is 23.1 Å². The SMILES string of the molecule is Cc1nc2c(sc3cccc(F)c32)c(=O)n1CC(=O)Nc1ccc(Br)cc1F. The van der Waals surface area contributed by atoms with Gasteiger partial charge >= 0.3 is 0 Å². The minimum absolute atomic E-state index is 0.0110. The first-order chi connectivity index (χ1) is 13.3. The lowest BCUT2D eigenvalue weighted by Crippen LogP contribution is -2.30. The lowest BCUT2D eigenvalue weighted by Gasteiger charge is -2.11. The van der Waals surface area contributed by atoms with Crippen LogP contribution in [0.5, 0.6) is 0 Å². The van der Waals surface area contributed by atoms with Crippen molar-refractivity contribution in [3.8, 4) is 0 Å². The second kappa shape index (κ2) is 7.06. The van der Waals surface area contributed by atoms with Crippen LogP contribution >= 0.6 is 27.3 Å². The van der Waals surface area contributed by atoms with Gasteiger partial charge in [-0.3, -0.25) is 14.2 Å². The van der Waals surface area contributed by atoms with Gasteiger partial charge in [0, 0.05) is 9.17 Å². The third-order valence-electron chi connectivity index (χ3n) is 4.25. The Morgan fingerprint density at radius 1 is 1.25 bits per heavy atom. The average Bonchev–Trinajstić information content (AvgIpc) is 3.01. The van der Waals surface area contributed by atoms with Crippen LogP contribution in [0.2, 0.25) is 0 Å². The number of carbonyl (C=O) groups excluding carboxylic acids is 1. The molecule has 2 heterocycles. The highest BCUT2D eigenvalue weighted by Crippen LogP contribution is 2.32. The molecule has 0 radical (unpaired) electrons. The van der Waals surface area contributed by atoms with Crippen molar-refractivity contribution in [2.45, 2.75) is 13.5 Å². The highest BCUT2D eigenvalue weighted by molar-refractivity contribution is 9.10. The van der Waals surface area contributed by atoms with Gasteiger partial charge in [0.15, 0.2) is 0 Å². The minimum Gasteiger partial charge on any atom is -0.322 e. The molecule has 0 unspecified atom stereocenters. The van der Waals surface area contributed by atoms with Crippen LogP contribution in [0.15, 0.2) is 45.7 Å². The third kappa shape index (κ3) is 3.20. The van der Waals surface area contributed by atoms with Crippen molar-refractivity contribution in [2.75, 3.05) is 5.32 Å². The molecular weight excluding hydrogens is 452 g/mol. The molecule has 0 saturated heterocycles. The van der Waals surface area contributed by atoms with E-state index in [1.165, 1.54) is 22.8 Å². The summed E-state index contributed by atoms with van der Waals surface area (Å²) in [6.45, 7) is 1.23. The summed E-state index contributed by atoms with van der Waals surface area (Å²) in [4.78, 5) is 29.6. The highest BCUT2D eigenvalue weighted by Gasteiger charge is 2.18. The number of fused-ring (bicyclic) bond motifs is 3. The molecule has 9 heteroatoms. The number of anilines is 1. The fourth-order valence-electron chi connectivity index (χ4n) is 2.94. The summed E-state index contributed by atoms with van der Waals surface area (Å²) in [7, 11) is 0. The fourth-order valence-corrected chi connectivity index (χ4v) is 4.38. The predicted molar refractivity (Wildman–Crippen MR) is 109 cm³/mol. The number of amides is 1. The Morgan fingerprint density at radius 3 is 2.79 bits per heavy atom. The van der Waals surface area contributed by atoms with E-state index in [-0.39, 0.29) is 28.3 Å². The second-order valence-electron chi connectivity index (χ2n) is 6.12. The van der Waals surface area contributed by atoms with Crippen molar-refractivity contribution in [3.63, 3.8) is 0 Å². The maximum Gasteiger partial charge on any atom is 0.272 e. The van der Waals surface area contributed by atoms with E-state index in [0.717, 1.165) is 11.3 Å². The quantitative estimate of drug-likeness (QED) is 0.482. The van der Waals surface area contributed by atoms with E-state index in [2.05, 4.69) is 26.2 Å². The maximum atomic E-state index is 14.2. The van der Waals surface area contributed by atoms with E-state index in [4.69, 9.17) is 0 Å². The van der Waals surface area contributed by atoms with Crippen molar-refractivity contribution in [2.24, 2.45) is 0 Å². The molecule has 0 fully saturated rings.